The maximum absolute atomic E-state index is 12.2. The Labute approximate surface area is 121 Å². The molecule has 0 bridgehead atoms. The number of carboxylic acids is 1. The molecule has 1 saturated carbocycles. The molecule has 0 spiro atoms. The summed E-state index contributed by atoms with van der Waals surface area (Å²) in [5, 5.41) is 11.9. The van der Waals surface area contributed by atoms with Crippen LogP contribution in [0.4, 0.5) is 4.79 Å². The van der Waals surface area contributed by atoms with E-state index in [1.54, 1.807) is 0 Å². The van der Waals surface area contributed by atoms with Crippen LogP contribution in [-0.4, -0.2) is 41.1 Å². The number of hydrogen-bond acceptors (Lipinski definition) is 2. The van der Waals surface area contributed by atoms with Gasteiger partial charge in [0, 0.05) is 12.6 Å². The van der Waals surface area contributed by atoms with E-state index in [0.29, 0.717) is 12.5 Å². The molecule has 1 aliphatic rings. The second kappa shape index (κ2) is 8.12. The van der Waals surface area contributed by atoms with E-state index in [1.165, 1.54) is 24.2 Å². The summed E-state index contributed by atoms with van der Waals surface area (Å²) in [5.74, 6) is -0.186. The summed E-state index contributed by atoms with van der Waals surface area (Å²) >= 11 is 0. The SMILES string of the molecule is CC(C)CN(CC(=O)O)C(=O)NC(C)C1CCCCC1. The van der Waals surface area contributed by atoms with E-state index < -0.39 is 5.97 Å². The highest BCUT2D eigenvalue weighted by atomic mass is 16.4. The lowest BCUT2D eigenvalue weighted by atomic mass is 9.84. The first-order valence-electron chi connectivity index (χ1n) is 7.67. The van der Waals surface area contributed by atoms with E-state index in [4.69, 9.17) is 5.11 Å². The Morgan fingerprint density at radius 2 is 1.80 bits per heavy atom. The Morgan fingerprint density at radius 1 is 1.20 bits per heavy atom. The fourth-order valence-electron chi connectivity index (χ4n) is 2.86. The lowest BCUT2D eigenvalue weighted by Gasteiger charge is -2.31. The predicted molar refractivity (Wildman–Crippen MR) is 78.6 cm³/mol. The molecule has 0 aromatic carbocycles. The zero-order valence-corrected chi connectivity index (χ0v) is 12.9. The van der Waals surface area contributed by atoms with Crippen LogP contribution in [0.1, 0.15) is 52.9 Å². The van der Waals surface area contributed by atoms with E-state index in [1.807, 2.05) is 20.8 Å². The standard InChI is InChI=1S/C15H28N2O3/c1-11(2)9-17(10-14(18)19)15(20)16-12(3)13-7-5-4-6-8-13/h11-13H,4-10H2,1-3H3,(H,16,20)(H,18,19). The van der Waals surface area contributed by atoms with Gasteiger partial charge in [-0.1, -0.05) is 33.1 Å². The molecule has 1 unspecified atom stereocenters. The van der Waals surface area contributed by atoms with E-state index >= 15 is 0 Å². The summed E-state index contributed by atoms with van der Waals surface area (Å²) in [7, 11) is 0. The van der Waals surface area contributed by atoms with Gasteiger partial charge in [-0.3, -0.25) is 4.79 Å². The van der Waals surface area contributed by atoms with Crippen LogP contribution in [0.3, 0.4) is 0 Å². The number of aliphatic carboxylic acids is 1. The van der Waals surface area contributed by atoms with Gasteiger partial charge in [0.05, 0.1) is 0 Å². The van der Waals surface area contributed by atoms with E-state index in [9.17, 15) is 9.59 Å². The third kappa shape index (κ3) is 5.80. The number of nitrogens with zero attached hydrogens (tertiary/aromatic N) is 1. The maximum atomic E-state index is 12.2. The molecule has 0 aromatic heterocycles. The van der Waals surface area contributed by atoms with E-state index in [2.05, 4.69) is 5.32 Å². The van der Waals surface area contributed by atoms with E-state index in [-0.39, 0.29) is 24.5 Å². The molecule has 116 valence electrons. The van der Waals surface area contributed by atoms with Crippen molar-refractivity contribution in [3.63, 3.8) is 0 Å². The maximum Gasteiger partial charge on any atom is 0.323 e. The summed E-state index contributed by atoms with van der Waals surface area (Å²) in [5.41, 5.74) is 0. The van der Waals surface area contributed by atoms with Gasteiger partial charge in [-0.25, -0.2) is 4.79 Å². The van der Waals surface area contributed by atoms with Gasteiger partial charge in [-0.05, 0) is 31.6 Å². The van der Waals surface area contributed by atoms with Crippen molar-refractivity contribution in [3.8, 4) is 0 Å². The van der Waals surface area contributed by atoms with Gasteiger partial charge < -0.3 is 15.3 Å². The fourth-order valence-corrected chi connectivity index (χ4v) is 2.86. The number of carbonyl (C=O) groups excluding carboxylic acids is 1. The second-order valence-electron chi connectivity index (χ2n) is 6.30. The zero-order chi connectivity index (χ0) is 15.1. The molecule has 2 amide bonds. The Hall–Kier alpha value is -1.26. The van der Waals surface area contributed by atoms with Crippen molar-refractivity contribution in [3.05, 3.63) is 0 Å². The molecule has 1 fully saturated rings. The Bertz CT molecular complexity index is 325. The molecule has 2 N–H and O–H groups in total. The van der Waals surface area contributed by atoms with Crippen molar-refractivity contribution >= 4 is 12.0 Å². The number of carbonyl (C=O) groups is 2. The van der Waals surface area contributed by atoms with Gasteiger partial charge in [0.2, 0.25) is 0 Å². The molecule has 5 nitrogen and oxygen atoms in total. The van der Waals surface area contributed by atoms with Crippen LogP contribution in [0.25, 0.3) is 0 Å². The fraction of sp³-hybridized carbons (Fsp3) is 0.867. The summed E-state index contributed by atoms with van der Waals surface area (Å²) in [4.78, 5) is 24.5. The molecule has 20 heavy (non-hydrogen) atoms. The summed E-state index contributed by atoms with van der Waals surface area (Å²) in [6.45, 7) is 6.22. The summed E-state index contributed by atoms with van der Waals surface area (Å²) < 4.78 is 0. The molecule has 0 aliphatic heterocycles. The van der Waals surface area contributed by atoms with Gasteiger partial charge in [0.1, 0.15) is 6.54 Å². The lowest BCUT2D eigenvalue weighted by molar-refractivity contribution is -0.137. The molecule has 5 heteroatoms. The first kappa shape index (κ1) is 16.8. The van der Waals surface area contributed by atoms with E-state index in [0.717, 1.165) is 12.8 Å². The number of nitrogens with one attached hydrogen (secondary N) is 1. The van der Waals surface area contributed by atoms with Crippen LogP contribution >= 0.6 is 0 Å². The van der Waals surface area contributed by atoms with Gasteiger partial charge in [0.15, 0.2) is 0 Å². The Morgan fingerprint density at radius 3 is 2.30 bits per heavy atom. The molecule has 1 aliphatic carbocycles. The number of urea groups is 1. The van der Waals surface area contributed by atoms with Crippen molar-refractivity contribution in [1.29, 1.82) is 0 Å². The highest BCUT2D eigenvalue weighted by Gasteiger charge is 2.24. The minimum atomic E-state index is -0.967. The molecule has 1 atom stereocenters. The van der Waals surface area contributed by atoms with Gasteiger partial charge in [-0.2, -0.15) is 0 Å². The van der Waals surface area contributed by atoms with Crippen LogP contribution < -0.4 is 5.32 Å². The van der Waals surface area contributed by atoms with Crippen molar-refractivity contribution < 1.29 is 14.7 Å². The monoisotopic (exact) mass is 284 g/mol. The molecule has 0 radical (unpaired) electrons. The van der Waals surface area contributed by atoms with Crippen LogP contribution in [0.5, 0.6) is 0 Å². The predicted octanol–water partition coefficient (Wildman–Crippen LogP) is 2.71. The quantitative estimate of drug-likeness (QED) is 0.788. The number of carboxylic acid groups (broad SMARTS) is 1. The molecule has 1 rings (SSSR count). The molecule has 0 heterocycles. The average molecular weight is 284 g/mol. The highest BCUT2D eigenvalue weighted by molar-refractivity contribution is 5.80. The minimum absolute atomic E-state index is 0.117. The number of amides is 2. The van der Waals surface area contributed by atoms with Crippen LogP contribution in [0.15, 0.2) is 0 Å². The van der Waals surface area contributed by atoms with Gasteiger partial charge in [-0.15, -0.1) is 0 Å². The largest absolute Gasteiger partial charge is 0.480 e. The molecule has 0 saturated heterocycles. The summed E-state index contributed by atoms with van der Waals surface area (Å²) in [6.07, 6.45) is 6.07. The van der Waals surface area contributed by atoms with Crippen molar-refractivity contribution in [2.24, 2.45) is 11.8 Å². The van der Waals surface area contributed by atoms with Crippen LogP contribution in [0.2, 0.25) is 0 Å². The first-order valence-corrected chi connectivity index (χ1v) is 7.67. The molecular formula is C15H28N2O3. The number of hydrogen-bond donors (Lipinski definition) is 2. The lowest BCUT2D eigenvalue weighted by Crippen LogP contribution is -2.49. The first-order chi connectivity index (χ1) is 9.40. The smallest absolute Gasteiger partial charge is 0.323 e. The van der Waals surface area contributed by atoms with Crippen LogP contribution in [-0.2, 0) is 4.79 Å². The minimum Gasteiger partial charge on any atom is -0.480 e. The van der Waals surface area contributed by atoms with Crippen LogP contribution in [0, 0.1) is 11.8 Å². The number of rotatable bonds is 6. The van der Waals surface area contributed by atoms with Crippen molar-refractivity contribution in [1.82, 2.24) is 10.2 Å². The third-order valence-electron chi connectivity index (χ3n) is 3.91. The summed E-state index contributed by atoms with van der Waals surface area (Å²) in [6, 6.07) is -0.134. The van der Waals surface area contributed by atoms with Gasteiger partial charge >= 0.3 is 12.0 Å². The highest BCUT2D eigenvalue weighted by Crippen LogP contribution is 2.26. The third-order valence-corrected chi connectivity index (χ3v) is 3.91. The van der Waals surface area contributed by atoms with Crippen molar-refractivity contribution in [2.75, 3.05) is 13.1 Å². The average Bonchev–Trinajstić information content (AvgIpc) is 2.37. The Balaban J connectivity index is 2.52. The topological polar surface area (TPSA) is 69.6 Å². The van der Waals surface area contributed by atoms with Gasteiger partial charge in [0.25, 0.3) is 0 Å². The zero-order valence-electron chi connectivity index (χ0n) is 12.9. The Kier molecular flexibility index (Phi) is 6.82. The molecular weight excluding hydrogens is 256 g/mol. The second-order valence-corrected chi connectivity index (χ2v) is 6.30. The van der Waals surface area contributed by atoms with Crippen molar-refractivity contribution in [2.45, 2.75) is 58.9 Å². The molecule has 0 aromatic rings. The normalized spacial score (nSPS) is 17.8.